The molecule has 3 aromatic rings. The van der Waals surface area contributed by atoms with E-state index in [4.69, 9.17) is 15.2 Å². The van der Waals surface area contributed by atoms with Gasteiger partial charge in [0, 0.05) is 33.7 Å². The fourth-order valence-electron chi connectivity index (χ4n) is 3.65. The summed E-state index contributed by atoms with van der Waals surface area (Å²) >= 11 is 1.48. The van der Waals surface area contributed by atoms with Gasteiger partial charge >= 0.3 is 0 Å². The number of primary amides is 1. The molecule has 3 N–H and O–H groups in total. The van der Waals surface area contributed by atoms with Gasteiger partial charge in [-0.15, -0.1) is 11.3 Å². The van der Waals surface area contributed by atoms with E-state index in [-0.39, 0.29) is 30.7 Å². The minimum atomic E-state index is -0.584. The Kier molecular flexibility index (Phi) is 5.90. The van der Waals surface area contributed by atoms with E-state index < -0.39 is 5.91 Å². The van der Waals surface area contributed by atoms with Gasteiger partial charge in [-0.25, -0.2) is 4.39 Å². The molecular weight excluding hydrogens is 419 g/mol. The number of ether oxygens (including phenoxy) is 2. The van der Waals surface area contributed by atoms with Crippen molar-refractivity contribution in [2.75, 3.05) is 18.5 Å². The Balaban J connectivity index is 1.73. The van der Waals surface area contributed by atoms with Gasteiger partial charge in [0.1, 0.15) is 5.82 Å². The number of carbonyl (C=O) groups excluding carboxylic acids is 2. The van der Waals surface area contributed by atoms with Crippen molar-refractivity contribution in [3.05, 3.63) is 64.1 Å². The number of amides is 2. The summed E-state index contributed by atoms with van der Waals surface area (Å²) in [5.74, 6) is -0.393. The minimum Gasteiger partial charge on any atom is -0.490 e. The molecule has 2 amide bonds. The van der Waals surface area contributed by atoms with Crippen molar-refractivity contribution in [3.8, 4) is 22.6 Å². The number of carbonyl (C=O) groups is 2. The van der Waals surface area contributed by atoms with Gasteiger partial charge in [0.15, 0.2) is 18.1 Å². The highest BCUT2D eigenvalue weighted by molar-refractivity contribution is 7.11. The standard InChI is InChI=1S/C23H21FN2O4S/c1-2-29-19-9-13(7-8-18(19)30-11-20(25)27)15-10-21(28)26-22-16(12-31-23(15)22)14-5-3-4-6-17(14)24/h3-9,12,15H,2,10-11H2,1H3,(H2,25,27)(H,26,28)/t15-/m1/s1. The molecule has 4 rings (SSSR count). The number of nitrogens with one attached hydrogen (secondary N) is 1. The molecule has 0 aliphatic carbocycles. The average Bonchev–Trinajstić information content (AvgIpc) is 3.16. The van der Waals surface area contributed by atoms with E-state index in [9.17, 15) is 14.0 Å². The smallest absolute Gasteiger partial charge is 0.255 e. The van der Waals surface area contributed by atoms with Gasteiger partial charge in [0.05, 0.1) is 12.3 Å². The van der Waals surface area contributed by atoms with Gasteiger partial charge in [0.2, 0.25) is 5.91 Å². The third-order valence-corrected chi connectivity index (χ3v) is 6.09. The van der Waals surface area contributed by atoms with Crippen LogP contribution >= 0.6 is 11.3 Å². The number of thiophene rings is 1. The van der Waals surface area contributed by atoms with E-state index in [1.807, 2.05) is 24.4 Å². The van der Waals surface area contributed by atoms with Crippen LogP contribution in [0, 0.1) is 5.82 Å². The number of hydrogen-bond acceptors (Lipinski definition) is 5. The normalized spacial score (nSPS) is 15.2. The lowest BCUT2D eigenvalue weighted by atomic mass is 9.89. The molecule has 1 aliphatic heterocycles. The molecule has 160 valence electrons. The number of halogens is 1. The molecule has 6 nitrogen and oxygen atoms in total. The van der Waals surface area contributed by atoms with Crippen molar-refractivity contribution in [1.29, 1.82) is 0 Å². The molecule has 1 aliphatic rings. The molecule has 2 aromatic carbocycles. The maximum atomic E-state index is 14.4. The summed E-state index contributed by atoms with van der Waals surface area (Å²) in [6.07, 6.45) is 0.261. The SMILES string of the molecule is CCOc1cc([C@H]2CC(=O)Nc3c(-c4ccccc4F)csc32)ccc1OCC(N)=O. The molecule has 0 fully saturated rings. The Morgan fingerprint density at radius 3 is 2.74 bits per heavy atom. The van der Waals surface area contributed by atoms with Gasteiger partial charge in [-0.3, -0.25) is 9.59 Å². The maximum Gasteiger partial charge on any atom is 0.255 e. The molecule has 0 bridgehead atoms. The van der Waals surface area contributed by atoms with Crippen LogP contribution in [0.3, 0.4) is 0 Å². The first kappa shape index (κ1) is 20.9. The third kappa shape index (κ3) is 4.25. The molecule has 2 heterocycles. The van der Waals surface area contributed by atoms with Gasteiger partial charge in [-0.1, -0.05) is 24.3 Å². The van der Waals surface area contributed by atoms with Gasteiger partial charge in [0.25, 0.3) is 5.91 Å². The Morgan fingerprint density at radius 1 is 1.19 bits per heavy atom. The lowest BCUT2D eigenvalue weighted by Crippen LogP contribution is -2.22. The van der Waals surface area contributed by atoms with Crippen molar-refractivity contribution >= 4 is 28.8 Å². The van der Waals surface area contributed by atoms with Crippen molar-refractivity contribution in [1.82, 2.24) is 0 Å². The number of rotatable bonds is 7. The molecule has 0 radical (unpaired) electrons. The lowest BCUT2D eigenvalue weighted by Gasteiger charge is -2.25. The first-order valence-corrected chi connectivity index (χ1v) is 10.7. The first-order valence-electron chi connectivity index (χ1n) is 9.82. The third-order valence-electron chi connectivity index (χ3n) is 4.99. The van der Waals surface area contributed by atoms with Crippen LogP contribution in [0.1, 0.15) is 29.7 Å². The van der Waals surface area contributed by atoms with Crippen LogP contribution in [0.2, 0.25) is 0 Å². The van der Waals surface area contributed by atoms with Crippen LogP contribution in [-0.2, 0) is 9.59 Å². The maximum absolute atomic E-state index is 14.4. The first-order chi connectivity index (χ1) is 15.0. The van der Waals surface area contributed by atoms with Crippen molar-refractivity contribution in [3.63, 3.8) is 0 Å². The van der Waals surface area contributed by atoms with Crippen molar-refractivity contribution < 1.29 is 23.5 Å². The monoisotopic (exact) mass is 440 g/mol. The summed E-state index contributed by atoms with van der Waals surface area (Å²) in [5.41, 5.74) is 7.80. The molecule has 0 spiro atoms. The fourth-order valence-corrected chi connectivity index (χ4v) is 4.80. The number of fused-ring (bicyclic) bond motifs is 1. The molecule has 31 heavy (non-hydrogen) atoms. The predicted molar refractivity (Wildman–Crippen MR) is 117 cm³/mol. The second kappa shape index (κ2) is 8.77. The number of benzene rings is 2. The second-order valence-corrected chi connectivity index (χ2v) is 7.98. The molecule has 1 aromatic heterocycles. The lowest BCUT2D eigenvalue weighted by molar-refractivity contribution is -0.120. The largest absolute Gasteiger partial charge is 0.490 e. The van der Waals surface area contributed by atoms with Crippen LogP contribution < -0.4 is 20.5 Å². The molecule has 0 unspecified atom stereocenters. The zero-order chi connectivity index (χ0) is 22.0. The summed E-state index contributed by atoms with van der Waals surface area (Å²) < 4.78 is 25.5. The topological polar surface area (TPSA) is 90.7 Å². The van der Waals surface area contributed by atoms with E-state index in [0.717, 1.165) is 10.4 Å². The summed E-state index contributed by atoms with van der Waals surface area (Å²) in [4.78, 5) is 24.5. The Morgan fingerprint density at radius 2 is 2.00 bits per heavy atom. The average molecular weight is 440 g/mol. The highest BCUT2D eigenvalue weighted by atomic mass is 32.1. The second-order valence-electron chi connectivity index (χ2n) is 7.07. The van der Waals surface area contributed by atoms with E-state index in [2.05, 4.69) is 5.32 Å². The zero-order valence-electron chi connectivity index (χ0n) is 16.8. The fraction of sp³-hybridized carbons (Fsp3) is 0.217. The van der Waals surface area contributed by atoms with Crippen LogP contribution in [-0.4, -0.2) is 25.0 Å². The Hall–Kier alpha value is -3.39. The number of anilines is 1. The molecule has 8 heteroatoms. The zero-order valence-corrected chi connectivity index (χ0v) is 17.6. The molecular formula is C23H21FN2O4S. The van der Waals surface area contributed by atoms with Crippen LogP contribution in [0.4, 0.5) is 10.1 Å². The van der Waals surface area contributed by atoms with E-state index in [0.29, 0.717) is 34.9 Å². The van der Waals surface area contributed by atoms with E-state index >= 15 is 0 Å². The Bertz CT molecular complexity index is 1140. The van der Waals surface area contributed by atoms with Gasteiger partial charge in [-0.05, 0) is 30.7 Å². The number of nitrogens with two attached hydrogens (primary N) is 1. The summed E-state index contributed by atoms with van der Waals surface area (Å²) in [6.45, 7) is 1.99. The number of hydrogen-bond donors (Lipinski definition) is 2. The predicted octanol–water partition coefficient (Wildman–Crippen LogP) is 4.29. The van der Waals surface area contributed by atoms with Crippen LogP contribution in [0.5, 0.6) is 11.5 Å². The minimum absolute atomic E-state index is 0.138. The summed E-state index contributed by atoms with van der Waals surface area (Å²) in [6, 6.07) is 11.9. The van der Waals surface area contributed by atoms with E-state index in [1.54, 1.807) is 24.3 Å². The molecule has 1 atom stereocenters. The van der Waals surface area contributed by atoms with Crippen LogP contribution in [0.25, 0.3) is 11.1 Å². The van der Waals surface area contributed by atoms with Crippen molar-refractivity contribution in [2.24, 2.45) is 5.73 Å². The van der Waals surface area contributed by atoms with Gasteiger partial charge in [-0.2, -0.15) is 0 Å². The summed E-state index contributed by atoms with van der Waals surface area (Å²) in [7, 11) is 0. The molecule has 0 saturated carbocycles. The quantitative estimate of drug-likeness (QED) is 0.573. The van der Waals surface area contributed by atoms with E-state index in [1.165, 1.54) is 17.4 Å². The summed E-state index contributed by atoms with van der Waals surface area (Å²) in [5, 5.41) is 4.79. The van der Waals surface area contributed by atoms with Gasteiger partial charge < -0.3 is 20.5 Å². The molecule has 0 saturated heterocycles. The van der Waals surface area contributed by atoms with Crippen LogP contribution in [0.15, 0.2) is 47.8 Å². The highest BCUT2D eigenvalue weighted by Crippen LogP contribution is 2.48. The Labute approximate surface area is 182 Å². The van der Waals surface area contributed by atoms with Crippen molar-refractivity contribution in [2.45, 2.75) is 19.3 Å². The highest BCUT2D eigenvalue weighted by Gasteiger charge is 2.31.